The van der Waals surface area contributed by atoms with E-state index in [0.29, 0.717) is 0 Å². The highest BCUT2D eigenvalue weighted by Gasteiger charge is 2.14. The van der Waals surface area contributed by atoms with E-state index in [-0.39, 0.29) is 0 Å². The second kappa shape index (κ2) is 6.95. The van der Waals surface area contributed by atoms with Gasteiger partial charge in [0.15, 0.2) is 17.6 Å². The molecule has 2 heteroatoms. The number of hydrogen-bond donors (Lipinski definition) is 0. The summed E-state index contributed by atoms with van der Waals surface area (Å²) in [4.78, 5) is 0. The Morgan fingerprint density at radius 2 is 1.84 bits per heavy atom. The average molecular weight is 274 g/mol. The van der Waals surface area contributed by atoms with Gasteiger partial charge in [-0.2, -0.15) is 0 Å². The number of rotatable bonds is 6. The third-order valence-electron chi connectivity index (χ3n) is 3.44. The van der Waals surface area contributed by atoms with Crippen LogP contribution >= 0.6 is 11.9 Å². The van der Waals surface area contributed by atoms with Crippen LogP contribution in [0.15, 0.2) is 30.3 Å². The van der Waals surface area contributed by atoms with E-state index >= 15 is 0 Å². The van der Waals surface area contributed by atoms with Crippen molar-refractivity contribution < 1.29 is 3.97 Å². The minimum absolute atomic E-state index is 1.21. The minimum Gasteiger partial charge on any atom is -0.124 e. The van der Waals surface area contributed by atoms with Crippen LogP contribution in [0.2, 0.25) is 0 Å². The third-order valence-corrected chi connectivity index (χ3v) is 4.66. The molecule has 0 radical (unpaired) electrons. The Balaban J connectivity index is 2.14. The van der Waals surface area contributed by atoms with E-state index in [0.717, 1.165) is 0 Å². The van der Waals surface area contributed by atoms with Gasteiger partial charge in [0.05, 0.1) is 5.75 Å². The van der Waals surface area contributed by atoms with Gasteiger partial charge >= 0.3 is 0 Å². The second-order valence-electron chi connectivity index (χ2n) is 5.23. The van der Waals surface area contributed by atoms with Crippen molar-refractivity contribution >= 4 is 22.9 Å². The highest BCUT2D eigenvalue weighted by atomic mass is 32.2. The van der Waals surface area contributed by atoms with E-state index in [1.54, 1.807) is 0 Å². The van der Waals surface area contributed by atoms with Crippen LogP contribution in [-0.2, 0) is 0 Å². The summed E-state index contributed by atoms with van der Waals surface area (Å²) in [5.41, 5.74) is 4.00. The number of aromatic nitrogens is 1. The number of benzene rings is 1. The van der Waals surface area contributed by atoms with E-state index < -0.39 is 0 Å². The summed E-state index contributed by atoms with van der Waals surface area (Å²) in [5.74, 6) is 1.21. The van der Waals surface area contributed by atoms with Crippen LogP contribution < -0.4 is 3.97 Å². The molecule has 0 unspecified atom stereocenters. The van der Waals surface area contributed by atoms with Crippen molar-refractivity contribution in [2.24, 2.45) is 0 Å². The number of fused-ring (bicyclic) bond motifs is 1. The molecule has 0 saturated heterocycles. The maximum atomic E-state index is 2.39. The van der Waals surface area contributed by atoms with E-state index in [1.165, 1.54) is 53.6 Å². The molecule has 102 valence electrons. The van der Waals surface area contributed by atoms with E-state index in [2.05, 4.69) is 55.1 Å². The first-order valence-electron chi connectivity index (χ1n) is 7.27. The van der Waals surface area contributed by atoms with Gasteiger partial charge in [-0.05, 0) is 25.5 Å². The lowest BCUT2D eigenvalue weighted by Crippen LogP contribution is -2.30. The SMILES string of the molecule is CCCCCCS[n+]1c(C)ccc2cc(C)ccc21. The van der Waals surface area contributed by atoms with E-state index in [9.17, 15) is 0 Å². The van der Waals surface area contributed by atoms with Crippen molar-refractivity contribution in [1.29, 1.82) is 0 Å². The van der Waals surface area contributed by atoms with Gasteiger partial charge < -0.3 is 0 Å². The van der Waals surface area contributed by atoms with Crippen molar-refractivity contribution in [3.05, 3.63) is 41.6 Å². The predicted molar refractivity (Wildman–Crippen MR) is 85.6 cm³/mol. The Hall–Kier alpha value is -1.02. The molecule has 2 rings (SSSR count). The summed E-state index contributed by atoms with van der Waals surface area (Å²) in [5, 5.41) is 1.34. The van der Waals surface area contributed by atoms with Crippen LogP contribution in [0.1, 0.15) is 43.9 Å². The molecule has 0 aliphatic heterocycles. The molecule has 1 aromatic carbocycles. The maximum Gasteiger partial charge on any atom is 0.226 e. The summed E-state index contributed by atoms with van der Waals surface area (Å²) < 4.78 is 2.39. The molecular weight excluding hydrogens is 250 g/mol. The molecule has 0 aliphatic rings. The van der Waals surface area contributed by atoms with Crippen LogP contribution in [0.5, 0.6) is 0 Å². The summed E-state index contributed by atoms with van der Waals surface area (Å²) in [7, 11) is 0. The van der Waals surface area contributed by atoms with E-state index in [4.69, 9.17) is 0 Å². The van der Waals surface area contributed by atoms with Gasteiger partial charge in [-0.25, -0.2) is 0 Å². The lowest BCUT2D eigenvalue weighted by molar-refractivity contribution is -0.471. The normalized spacial score (nSPS) is 11.1. The largest absolute Gasteiger partial charge is 0.226 e. The zero-order valence-electron chi connectivity index (χ0n) is 12.3. The standard InChI is InChI=1S/C17H24NS/c1-4-5-6-7-12-19-18-15(3)9-10-16-13-14(2)8-11-17(16)18/h8-11,13H,4-7,12H2,1-3H3/q+1. The molecule has 1 aromatic heterocycles. The fraction of sp³-hybridized carbons (Fsp3) is 0.471. The number of pyridine rings is 1. The highest BCUT2D eigenvalue weighted by Crippen LogP contribution is 2.16. The van der Waals surface area contributed by atoms with Gasteiger partial charge in [-0.15, -0.1) is 3.97 Å². The predicted octanol–water partition coefficient (Wildman–Crippen LogP) is 4.82. The Morgan fingerprint density at radius 1 is 1.00 bits per heavy atom. The molecule has 0 N–H and O–H groups in total. The fourth-order valence-electron chi connectivity index (χ4n) is 2.32. The Morgan fingerprint density at radius 3 is 2.63 bits per heavy atom. The van der Waals surface area contributed by atoms with Crippen molar-refractivity contribution in [2.75, 3.05) is 5.75 Å². The number of nitrogens with zero attached hydrogens (tertiary/aromatic N) is 1. The zero-order chi connectivity index (χ0) is 13.7. The molecule has 0 spiro atoms. The fourth-order valence-corrected chi connectivity index (χ4v) is 3.40. The van der Waals surface area contributed by atoms with Crippen molar-refractivity contribution in [1.82, 2.24) is 0 Å². The minimum atomic E-state index is 1.21. The lowest BCUT2D eigenvalue weighted by Gasteiger charge is -2.03. The maximum absolute atomic E-state index is 2.39. The van der Waals surface area contributed by atoms with Crippen LogP contribution in [0.4, 0.5) is 0 Å². The summed E-state index contributed by atoms with van der Waals surface area (Å²) >= 11 is 1.95. The average Bonchev–Trinajstić information content (AvgIpc) is 2.41. The van der Waals surface area contributed by atoms with Crippen LogP contribution in [0, 0.1) is 13.8 Å². The molecule has 0 atom stereocenters. The van der Waals surface area contributed by atoms with Gasteiger partial charge in [0.2, 0.25) is 5.52 Å². The molecule has 19 heavy (non-hydrogen) atoms. The van der Waals surface area contributed by atoms with Gasteiger partial charge in [-0.1, -0.05) is 37.8 Å². The van der Waals surface area contributed by atoms with Crippen molar-refractivity contribution in [3.8, 4) is 0 Å². The Bertz CT molecular complexity index is 548. The monoisotopic (exact) mass is 274 g/mol. The number of unbranched alkanes of at least 4 members (excludes halogenated alkanes) is 3. The van der Waals surface area contributed by atoms with Gasteiger partial charge in [-0.3, -0.25) is 0 Å². The molecule has 2 aromatic rings. The molecule has 0 fully saturated rings. The topological polar surface area (TPSA) is 3.88 Å². The summed E-state index contributed by atoms with van der Waals surface area (Å²) in [6.45, 7) is 6.61. The molecule has 0 aliphatic carbocycles. The zero-order valence-corrected chi connectivity index (χ0v) is 13.1. The Labute approximate surface area is 121 Å². The molecular formula is C17H24NS+. The van der Waals surface area contributed by atoms with Gasteiger partial charge in [0.1, 0.15) is 0 Å². The smallest absolute Gasteiger partial charge is 0.124 e. The number of hydrogen-bond acceptors (Lipinski definition) is 1. The first kappa shape index (κ1) is 14.4. The van der Waals surface area contributed by atoms with Gasteiger partial charge in [0.25, 0.3) is 0 Å². The molecule has 0 bridgehead atoms. The van der Waals surface area contributed by atoms with Gasteiger partial charge in [0, 0.05) is 24.4 Å². The first-order chi connectivity index (χ1) is 9.22. The Kier molecular flexibility index (Phi) is 5.26. The highest BCUT2D eigenvalue weighted by molar-refractivity contribution is 7.92. The first-order valence-corrected chi connectivity index (χ1v) is 8.22. The van der Waals surface area contributed by atoms with E-state index in [1.807, 2.05) is 11.9 Å². The van der Waals surface area contributed by atoms with Crippen LogP contribution in [-0.4, -0.2) is 5.75 Å². The van der Waals surface area contributed by atoms with Crippen LogP contribution in [0.3, 0.4) is 0 Å². The lowest BCUT2D eigenvalue weighted by atomic mass is 10.1. The second-order valence-corrected chi connectivity index (χ2v) is 6.26. The summed E-state index contributed by atoms with van der Waals surface area (Å²) in [6, 6.07) is 11.2. The van der Waals surface area contributed by atoms with Crippen molar-refractivity contribution in [3.63, 3.8) is 0 Å². The number of aryl methyl sites for hydroxylation is 2. The van der Waals surface area contributed by atoms with Crippen molar-refractivity contribution in [2.45, 2.75) is 46.5 Å². The molecule has 1 heterocycles. The molecule has 0 saturated carbocycles. The molecule has 0 amide bonds. The molecule has 1 nitrogen and oxygen atoms in total. The quantitative estimate of drug-likeness (QED) is 0.539. The summed E-state index contributed by atoms with van der Waals surface area (Å²) in [6.07, 6.45) is 5.34. The van der Waals surface area contributed by atoms with Crippen LogP contribution in [0.25, 0.3) is 10.9 Å². The third kappa shape index (κ3) is 3.73.